The van der Waals surface area contributed by atoms with Crippen molar-refractivity contribution in [3.63, 3.8) is 0 Å². The lowest BCUT2D eigenvalue weighted by Gasteiger charge is -2.25. The van der Waals surface area contributed by atoms with E-state index in [0.717, 1.165) is 38.5 Å². The highest BCUT2D eigenvalue weighted by atomic mass is 16.4. The van der Waals surface area contributed by atoms with Crippen molar-refractivity contribution in [3.8, 4) is 0 Å². The number of carbonyl (C=O) groups excluding carboxylic acids is 1. The fourth-order valence-corrected chi connectivity index (χ4v) is 2.61. The molecule has 0 aliphatic heterocycles. The molecule has 0 aliphatic rings. The van der Waals surface area contributed by atoms with Gasteiger partial charge in [0.2, 0.25) is 5.91 Å². The van der Waals surface area contributed by atoms with Gasteiger partial charge in [0.15, 0.2) is 0 Å². The summed E-state index contributed by atoms with van der Waals surface area (Å²) in [5.74, 6) is -1.03. The maximum atomic E-state index is 11.7. The van der Waals surface area contributed by atoms with Gasteiger partial charge in [-0.25, -0.2) is 0 Å². The van der Waals surface area contributed by atoms with Crippen molar-refractivity contribution in [1.29, 1.82) is 0 Å². The number of amides is 1. The van der Waals surface area contributed by atoms with Crippen LogP contribution in [0.4, 0.5) is 0 Å². The Bertz CT molecular complexity index is 407. The Kier molecular flexibility index (Phi) is 15.0. The quantitative estimate of drug-likeness (QED) is 0.163. The first-order valence-corrected chi connectivity index (χ1v) is 9.61. The summed E-state index contributed by atoms with van der Waals surface area (Å²) < 4.78 is 0. The predicted octanol–water partition coefficient (Wildman–Crippen LogP) is -0.476. The van der Waals surface area contributed by atoms with Crippen molar-refractivity contribution in [1.82, 2.24) is 5.32 Å². The van der Waals surface area contributed by atoms with Crippen molar-refractivity contribution in [2.45, 2.75) is 88.6 Å². The first-order valence-electron chi connectivity index (χ1n) is 9.61. The molecule has 4 atom stereocenters. The van der Waals surface area contributed by atoms with Crippen LogP contribution in [0.2, 0.25) is 0 Å². The van der Waals surface area contributed by atoms with Crippen LogP contribution >= 0.6 is 0 Å². The van der Waals surface area contributed by atoms with Gasteiger partial charge in [-0.05, 0) is 12.8 Å². The summed E-state index contributed by atoms with van der Waals surface area (Å²) in [5, 5.41) is 57.7. The summed E-state index contributed by atoms with van der Waals surface area (Å²) in [6.07, 6.45) is 1.48. The number of carbonyl (C=O) groups is 2. The summed E-state index contributed by atoms with van der Waals surface area (Å²) in [5.41, 5.74) is 0. The van der Waals surface area contributed by atoms with Gasteiger partial charge in [0.05, 0.1) is 12.7 Å². The Morgan fingerprint density at radius 1 is 0.704 bits per heavy atom. The molecular formula is C18H35NO8. The minimum atomic E-state index is -1.70. The lowest BCUT2D eigenvalue weighted by atomic mass is 10.0. The Balaban J connectivity index is 3.62. The molecule has 160 valence electrons. The number of aliphatic carboxylic acids is 1. The maximum Gasteiger partial charge on any atom is 0.303 e. The largest absolute Gasteiger partial charge is 0.481 e. The fraction of sp³-hybridized carbons (Fsp3) is 0.889. The molecule has 9 nitrogen and oxygen atoms in total. The first-order chi connectivity index (χ1) is 12.8. The van der Waals surface area contributed by atoms with E-state index in [2.05, 4.69) is 5.32 Å². The highest BCUT2D eigenvalue weighted by molar-refractivity contribution is 5.75. The minimum absolute atomic E-state index is 0.224. The third-order valence-electron chi connectivity index (χ3n) is 4.38. The normalized spacial score (nSPS) is 15.7. The molecule has 1 amide bonds. The van der Waals surface area contributed by atoms with E-state index < -0.39 is 37.0 Å². The molecule has 9 heteroatoms. The maximum absolute atomic E-state index is 11.7. The number of aliphatic hydroxyl groups excluding tert-OH is 5. The van der Waals surface area contributed by atoms with E-state index in [9.17, 15) is 30.0 Å². The fourth-order valence-electron chi connectivity index (χ4n) is 2.61. The topological polar surface area (TPSA) is 168 Å². The summed E-state index contributed by atoms with van der Waals surface area (Å²) >= 11 is 0. The third kappa shape index (κ3) is 13.5. The molecule has 0 heterocycles. The molecule has 7 N–H and O–H groups in total. The lowest BCUT2D eigenvalue weighted by Crippen LogP contribution is -2.49. The molecule has 0 aromatic heterocycles. The van der Waals surface area contributed by atoms with E-state index in [1.807, 2.05) is 0 Å². The first kappa shape index (κ1) is 25.7. The van der Waals surface area contributed by atoms with Gasteiger partial charge >= 0.3 is 5.97 Å². The zero-order valence-electron chi connectivity index (χ0n) is 15.8. The van der Waals surface area contributed by atoms with Crippen LogP contribution in [0.5, 0.6) is 0 Å². The van der Waals surface area contributed by atoms with Crippen LogP contribution in [-0.2, 0) is 9.59 Å². The third-order valence-corrected chi connectivity index (χ3v) is 4.38. The SMILES string of the molecule is O=C(O)CCCCCCCCCCC(=O)NC[C@H](O)[C@@H](O)[C@H](O)C(O)CO. The number of hydrogen-bond donors (Lipinski definition) is 7. The molecule has 0 bridgehead atoms. The van der Waals surface area contributed by atoms with Crippen molar-refractivity contribution in [2.75, 3.05) is 13.2 Å². The van der Waals surface area contributed by atoms with Gasteiger partial charge in [-0.1, -0.05) is 38.5 Å². The molecule has 0 aromatic rings. The molecule has 0 aromatic carbocycles. The zero-order valence-corrected chi connectivity index (χ0v) is 15.8. The molecule has 0 aliphatic carbocycles. The van der Waals surface area contributed by atoms with E-state index >= 15 is 0 Å². The minimum Gasteiger partial charge on any atom is -0.481 e. The summed E-state index contributed by atoms with van der Waals surface area (Å²) in [6.45, 7) is -1.01. The molecule has 27 heavy (non-hydrogen) atoms. The highest BCUT2D eigenvalue weighted by Crippen LogP contribution is 2.11. The number of hydrogen-bond acceptors (Lipinski definition) is 7. The average Bonchev–Trinajstić information content (AvgIpc) is 2.65. The molecule has 0 saturated carbocycles. The average molecular weight is 393 g/mol. The van der Waals surface area contributed by atoms with Crippen molar-refractivity contribution in [3.05, 3.63) is 0 Å². The number of aliphatic hydroxyl groups is 5. The predicted molar refractivity (Wildman–Crippen MR) is 97.9 cm³/mol. The second-order valence-corrected chi connectivity index (χ2v) is 6.82. The van der Waals surface area contributed by atoms with Gasteiger partial charge in [0.1, 0.15) is 18.3 Å². The van der Waals surface area contributed by atoms with Gasteiger partial charge in [-0.3, -0.25) is 9.59 Å². The number of rotatable bonds is 17. The second kappa shape index (κ2) is 15.8. The molecule has 0 rings (SSSR count). The van der Waals surface area contributed by atoms with Crippen molar-refractivity contribution < 1.29 is 40.2 Å². The standard InChI is InChI=1S/C18H35NO8/c20-12-14(22)18(27)17(26)13(21)11-19-15(23)9-7-5-3-1-2-4-6-8-10-16(24)25/h13-14,17-18,20-22,26-27H,1-12H2,(H,19,23)(H,24,25)/t13-,14?,17+,18+/m0/s1. The summed E-state index contributed by atoms with van der Waals surface area (Å²) in [7, 11) is 0. The van der Waals surface area contributed by atoms with E-state index in [1.165, 1.54) is 0 Å². The van der Waals surface area contributed by atoms with Crippen LogP contribution in [-0.4, -0.2) is 80.1 Å². The highest BCUT2D eigenvalue weighted by Gasteiger charge is 2.30. The van der Waals surface area contributed by atoms with E-state index in [0.29, 0.717) is 19.3 Å². The molecule has 0 spiro atoms. The zero-order chi connectivity index (χ0) is 20.7. The Morgan fingerprint density at radius 3 is 1.63 bits per heavy atom. The Hall–Kier alpha value is -1.26. The summed E-state index contributed by atoms with van der Waals surface area (Å²) in [6, 6.07) is 0. The molecule has 1 unspecified atom stereocenters. The van der Waals surface area contributed by atoms with Crippen LogP contribution in [0.25, 0.3) is 0 Å². The smallest absolute Gasteiger partial charge is 0.303 e. The van der Waals surface area contributed by atoms with Crippen LogP contribution in [0.1, 0.15) is 64.2 Å². The van der Waals surface area contributed by atoms with Crippen LogP contribution in [0, 0.1) is 0 Å². The van der Waals surface area contributed by atoms with E-state index in [-0.39, 0.29) is 18.9 Å². The number of unbranched alkanes of at least 4 members (excludes halogenated alkanes) is 7. The molecule has 0 radical (unpaired) electrons. The molecule has 0 fully saturated rings. The molecular weight excluding hydrogens is 358 g/mol. The van der Waals surface area contributed by atoms with Gasteiger partial charge < -0.3 is 36.0 Å². The van der Waals surface area contributed by atoms with E-state index in [4.69, 9.17) is 10.2 Å². The number of nitrogens with one attached hydrogen (secondary N) is 1. The van der Waals surface area contributed by atoms with E-state index in [1.54, 1.807) is 0 Å². The van der Waals surface area contributed by atoms with Gasteiger partial charge in [0.25, 0.3) is 0 Å². The summed E-state index contributed by atoms with van der Waals surface area (Å²) in [4.78, 5) is 22.0. The number of carboxylic acid groups (broad SMARTS) is 1. The van der Waals surface area contributed by atoms with Crippen molar-refractivity contribution >= 4 is 11.9 Å². The van der Waals surface area contributed by atoms with Gasteiger partial charge in [-0.15, -0.1) is 0 Å². The number of carboxylic acids is 1. The van der Waals surface area contributed by atoms with Crippen LogP contribution in [0.3, 0.4) is 0 Å². The Morgan fingerprint density at radius 2 is 1.15 bits per heavy atom. The Labute approximate surface area is 160 Å². The van der Waals surface area contributed by atoms with Crippen molar-refractivity contribution in [2.24, 2.45) is 0 Å². The molecule has 0 saturated heterocycles. The lowest BCUT2D eigenvalue weighted by molar-refractivity contribution is -0.137. The van der Waals surface area contributed by atoms with Crippen LogP contribution < -0.4 is 5.32 Å². The van der Waals surface area contributed by atoms with Crippen LogP contribution in [0.15, 0.2) is 0 Å². The second-order valence-electron chi connectivity index (χ2n) is 6.82. The van der Waals surface area contributed by atoms with Gasteiger partial charge in [0, 0.05) is 19.4 Å². The monoisotopic (exact) mass is 393 g/mol. The van der Waals surface area contributed by atoms with Gasteiger partial charge in [-0.2, -0.15) is 0 Å².